The van der Waals surface area contributed by atoms with E-state index >= 15 is 0 Å². The van der Waals surface area contributed by atoms with Crippen LogP contribution in [-0.4, -0.2) is 50.8 Å². The average Bonchev–Trinajstić information content (AvgIpc) is 2.71. The number of benzene rings is 1. The van der Waals surface area contributed by atoms with Crippen LogP contribution in [0.15, 0.2) is 29.2 Å². The Kier molecular flexibility index (Phi) is 8.44. The lowest BCUT2D eigenvalue weighted by atomic mass is 9.97. The van der Waals surface area contributed by atoms with Crippen molar-refractivity contribution < 1.29 is 22.7 Å². The number of carbonyl (C=O) groups excluding carboxylic acids is 2. The molecular weight excluding hydrogens is 380 g/mol. The highest BCUT2D eigenvalue weighted by molar-refractivity contribution is 7.89. The van der Waals surface area contributed by atoms with Crippen LogP contribution in [0.25, 0.3) is 0 Å². The molecule has 1 saturated heterocycles. The Morgan fingerprint density at radius 3 is 2.32 bits per heavy atom. The zero-order valence-electron chi connectivity index (χ0n) is 16.6. The molecule has 0 spiro atoms. The summed E-state index contributed by atoms with van der Waals surface area (Å²) in [6.45, 7) is 5.40. The highest BCUT2D eigenvalue weighted by Crippen LogP contribution is 2.24. The Hall–Kier alpha value is -1.93. The molecule has 8 heteroatoms. The molecule has 1 aromatic rings. The molecule has 0 unspecified atom stereocenters. The van der Waals surface area contributed by atoms with Gasteiger partial charge in [0.05, 0.1) is 17.1 Å². The molecule has 1 N–H and O–H groups in total. The van der Waals surface area contributed by atoms with Gasteiger partial charge in [-0.05, 0) is 50.5 Å². The fourth-order valence-corrected chi connectivity index (χ4v) is 4.69. The number of nitrogens with zero attached hydrogens (tertiary/aromatic N) is 1. The van der Waals surface area contributed by atoms with Gasteiger partial charge in [0.25, 0.3) is 0 Å². The maximum Gasteiger partial charge on any atom is 0.338 e. The van der Waals surface area contributed by atoms with Gasteiger partial charge in [-0.1, -0.05) is 19.8 Å². The van der Waals surface area contributed by atoms with Gasteiger partial charge in [0.1, 0.15) is 0 Å². The van der Waals surface area contributed by atoms with Crippen LogP contribution < -0.4 is 5.32 Å². The molecule has 1 fully saturated rings. The maximum atomic E-state index is 12.8. The van der Waals surface area contributed by atoms with Gasteiger partial charge in [0.2, 0.25) is 15.9 Å². The van der Waals surface area contributed by atoms with Crippen molar-refractivity contribution in [3.8, 4) is 0 Å². The van der Waals surface area contributed by atoms with Crippen LogP contribution in [0.3, 0.4) is 0 Å². The Morgan fingerprint density at radius 2 is 1.75 bits per heavy atom. The molecule has 0 bridgehead atoms. The third kappa shape index (κ3) is 5.78. The van der Waals surface area contributed by atoms with E-state index in [9.17, 15) is 18.0 Å². The van der Waals surface area contributed by atoms with Crippen LogP contribution in [0, 0.1) is 5.92 Å². The van der Waals surface area contributed by atoms with Gasteiger partial charge in [-0.15, -0.1) is 0 Å². The number of sulfonamides is 1. The lowest BCUT2D eigenvalue weighted by Gasteiger charge is -2.30. The standard InChI is InChI=1S/C20H30N2O5S/c1-3-5-6-13-21-19(23)16-11-14-22(15-12-16)28(25,26)18-9-7-17(8-10-18)20(24)27-4-2/h7-10,16H,3-6,11-15H2,1-2H3,(H,21,23). The normalized spacial score (nSPS) is 15.9. The van der Waals surface area contributed by atoms with Crippen molar-refractivity contribution in [2.45, 2.75) is 50.8 Å². The summed E-state index contributed by atoms with van der Waals surface area (Å²) in [6.07, 6.45) is 4.19. The van der Waals surface area contributed by atoms with E-state index < -0.39 is 16.0 Å². The Balaban J connectivity index is 1.92. The average molecular weight is 411 g/mol. The summed E-state index contributed by atoms with van der Waals surface area (Å²) < 4.78 is 32.0. The minimum atomic E-state index is -3.64. The monoisotopic (exact) mass is 410 g/mol. The topological polar surface area (TPSA) is 92.8 Å². The number of hydrogen-bond acceptors (Lipinski definition) is 5. The van der Waals surface area contributed by atoms with Crippen LogP contribution in [-0.2, 0) is 19.6 Å². The first-order chi connectivity index (χ1) is 13.4. The maximum absolute atomic E-state index is 12.8. The Labute approximate surface area is 167 Å². The number of piperidine rings is 1. The largest absolute Gasteiger partial charge is 0.462 e. The number of unbranched alkanes of at least 4 members (excludes halogenated alkanes) is 2. The molecule has 1 heterocycles. The number of amides is 1. The van der Waals surface area contributed by atoms with Gasteiger partial charge >= 0.3 is 5.97 Å². The fourth-order valence-electron chi connectivity index (χ4n) is 3.22. The van der Waals surface area contributed by atoms with E-state index in [1.54, 1.807) is 6.92 Å². The molecule has 28 heavy (non-hydrogen) atoms. The molecule has 1 amide bonds. The van der Waals surface area contributed by atoms with Gasteiger partial charge in [0.15, 0.2) is 0 Å². The van der Waals surface area contributed by atoms with E-state index in [0.29, 0.717) is 38.0 Å². The number of carbonyl (C=O) groups is 2. The number of rotatable bonds is 9. The molecule has 2 rings (SSSR count). The van der Waals surface area contributed by atoms with Gasteiger partial charge in [0, 0.05) is 25.6 Å². The predicted molar refractivity (Wildman–Crippen MR) is 106 cm³/mol. The zero-order valence-corrected chi connectivity index (χ0v) is 17.5. The summed E-state index contributed by atoms with van der Waals surface area (Å²) in [4.78, 5) is 24.1. The van der Waals surface area contributed by atoms with Crippen molar-refractivity contribution in [3.63, 3.8) is 0 Å². The molecular formula is C20H30N2O5S. The van der Waals surface area contributed by atoms with Gasteiger partial charge in [-0.25, -0.2) is 13.2 Å². The molecule has 1 aliphatic rings. The molecule has 0 atom stereocenters. The summed E-state index contributed by atoms with van der Waals surface area (Å²) in [5, 5.41) is 2.95. The van der Waals surface area contributed by atoms with Crippen LogP contribution in [0.4, 0.5) is 0 Å². The summed E-state index contributed by atoms with van der Waals surface area (Å²) >= 11 is 0. The van der Waals surface area contributed by atoms with Crippen LogP contribution in [0.1, 0.15) is 56.3 Å². The van der Waals surface area contributed by atoms with Crippen molar-refractivity contribution in [2.75, 3.05) is 26.2 Å². The molecule has 0 radical (unpaired) electrons. The first-order valence-corrected chi connectivity index (χ1v) is 11.4. The van der Waals surface area contributed by atoms with Crippen molar-refractivity contribution >= 4 is 21.9 Å². The van der Waals surface area contributed by atoms with E-state index in [4.69, 9.17) is 4.74 Å². The summed E-state index contributed by atoms with van der Waals surface area (Å²) in [5.41, 5.74) is 0.319. The second-order valence-corrected chi connectivity index (χ2v) is 8.86. The van der Waals surface area contributed by atoms with E-state index in [2.05, 4.69) is 12.2 Å². The molecule has 7 nitrogen and oxygen atoms in total. The summed E-state index contributed by atoms with van der Waals surface area (Å²) in [5.74, 6) is -0.594. The third-order valence-electron chi connectivity index (χ3n) is 4.91. The smallest absolute Gasteiger partial charge is 0.338 e. The van der Waals surface area contributed by atoms with Crippen LogP contribution in [0.2, 0.25) is 0 Å². The second-order valence-electron chi connectivity index (χ2n) is 6.92. The van der Waals surface area contributed by atoms with Crippen molar-refractivity contribution in [3.05, 3.63) is 29.8 Å². The highest BCUT2D eigenvalue weighted by Gasteiger charge is 2.32. The lowest BCUT2D eigenvalue weighted by Crippen LogP contribution is -2.43. The van der Waals surface area contributed by atoms with E-state index in [1.807, 2.05) is 0 Å². The van der Waals surface area contributed by atoms with Crippen molar-refractivity contribution in [1.82, 2.24) is 9.62 Å². The lowest BCUT2D eigenvalue weighted by molar-refractivity contribution is -0.126. The third-order valence-corrected chi connectivity index (χ3v) is 6.82. The SMILES string of the molecule is CCCCCNC(=O)C1CCN(S(=O)(=O)c2ccc(C(=O)OCC)cc2)CC1. The summed E-state index contributed by atoms with van der Waals surface area (Å²) in [6, 6.07) is 5.77. The van der Waals surface area contributed by atoms with Crippen molar-refractivity contribution in [2.24, 2.45) is 5.92 Å². The van der Waals surface area contributed by atoms with Crippen molar-refractivity contribution in [1.29, 1.82) is 0 Å². The Morgan fingerprint density at radius 1 is 1.11 bits per heavy atom. The minimum absolute atomic E-state index is 0.0203. The molecule has 1 aromatic carbocycles. The Bertz CT molecular complexity index is 753. The van der Waals surface area contributed by atoms with E-state index in [-0.39, 0.29) is 23.3 Å². The molecule has 156 valence electrons. The highest BCUT2D eigenvalue weighted by atomic mass is 32.2. The van der Waals surface area contributed by atoms with Crippen LogP contribution >= 0.6 is 0 Å². The molecule has 1 aliphatic heterocycles. The zero-order chi connectivity index (χ0) is 20.6. The minimum Gasteiger partial charge on any atom is -0.462 e. The summed E-state index contributed by atoms with van der Waals surface area (Å²) in [7, 11) is -3.64. The first-order valence-electron chi connectivity index (χ1n) is 9.95. The molecule has 0 aromatic heterocycles. The number of nitrogens with one attached hydrogen (secondary N) is 1. The number of esters is 1. The fraction of sp³-hybridized carbons (Fsp3) is 0.600. The second kappa shape index (κ2) is 10.6. The van der Waals surface area contributed by atoms with Gasteiger partial charge < -0.3 is 10.1 Å². The van der Waals surface area contributed by atoms with Gasteiger partial charge in [-0.2, -0.15) is 4.31 Å². The van der Waals surface area contributed by atoms with Crippen LogP contribution in [0.5, 0.6) is 0 Å². The number of hydrogen-bond donors (Lipinski definition) is 1. The number of ether oxygens (including phenoxy) is 1. The first kappa shape index (κ1) is 22.4. The van der Waals surface area contributed by atoms with Gasteiger partial charge in [-0.3, -0.25) is 4.79 Å². The quantitative estimate of drug-likeness (QED) is 0.499. The van der Waals surface area contributed by atoms with E-state index in [0.717, 1.165) is 19.3 Å². The molecule has 0 saturated carbocycles. The predicted octanol–water partition coefficient (Wildman–Crippen LogP) is 2.57. The molecule has 0 aliphatic carbocycles. The van der Waals surface area contributed by atoms with E-state index in [1.165, 1.54) is 28.6 Å².